The van der Waals surface area contributed by atoms with Gasteiger partial charge in [0.1, 0.15) is 0 Å². The molecule has 2 heterocycles. The highest BCUT2D eigenvalue weighted by Gasteiger charge is 2.26. The van der Waals surface area contributed by atoms with Crippen molar-refractivity contribution in [2.75, 3.05) is 13.1 Å². The third kappa shape index (κ3) is 5.56. The van der Waals surface area contributed by atoms with E-state index in [1.54, 1.807) is 28.6 Å². The second kappa shape index (κ2) is 10.1. The van der Waals surface area contributed by atoms with Crippen molar-refractivity contribution < 1.29 is 17.7 Å². The highest BCUT2D eigenvalue weighted by molar-refractivity contribution is 7.89. The smallest absolute Gasteiger partial charge is 0.243 e. The first-order valence-corrected chi connectivity index (χ1v) is 13.1. The number of aromatic nitrogens is 2. The number of amides is 1. The Morgan fingerprint density at radius 3 is 2.47 bits per heavy atom. The molecule has 0 bridgehead atoms. The summed E-state index contributed by atoms with van der Waals surface area (Å²) in [6.07, 6.45) is 7.98. The van der Waals surface area contributed by atoms with Gasteiger partial charge in [0.2, 0.25) is 27.6 Å². The lowest BCUT2D eigenvalue weighted by Crippen LogP contribution is -2.37. The first kappa shape index (κ1) is 22.9. The van der Waals surface area contributed by atoms with Gasteiger partial charge >= 0.3 is 0 Å². The summed E-state index contributed by atoms with van der Waals surface area (Å²) >= 11 is 0. The van der Waals surface area contributed by atoms with E-state index in [0.29, 0.717) is 43.2 Å². The predicted octanol–water partition coefficient (Wildman–Crippen LogP) is 3.54. The summed E-state index contributed by atoms with van der Waals surface area (Å²) in [5.74, 6) is 1.55. The number of aryl methyl sites for hydroxylation is 1. The Balaban J connectivity index is 1.31. The zero-order chi connectivity index (χ0) is 22.6. The van der Waals surface area contributed by atoms with E-state index in [1.807, 2.05) is 0 Å². The van der Waals surface area contributed by atoms with Crippen LogP contribution >= 0.6 is 0 Å². The van der Waals surface area contributed by atoms with E-state index in [-0.39, 0.29) is 16.8 Å². The van der Waals surface area contributed by atoms with Crippen molar-refractivity contribution in [1.82, 2.24) is 19.8 Å². The van der Waals surface area contributed by atoms with E-state index in [9.17, 15) is 13.2 Å². The molecular weight excluding hydrogens is 428 g/mol. The minimum absolute atomic E-state index is 0.0107. The van der Waals surface area contributed by atoms with Gasteiger partial charge in [-0.25, -0.2) is 8.42 Å². The largest absolute Gasteiger partial charge is 0.353 e. The van der Waals surface area contributed by atoms with Gasteiger partial charge in [-0.1, -0.05) is 18.5 Å². The van der Waals surface area contributed by atoms with E-state index >= 15 is 0 Å². The van der Waals surface area contributed by atoms with Crippen LogP contribution in [0.3, 0.4) is 0 Å². The Morgan fingerprint density at radius 1 is 1.09 bits per heavy atom. The Kier molecular flexibility index (Phi) is 7.25. The molecule has 1 N–H and O–H groups in total. The van der Waals surface area contributed by atoms with Gasteiger partial charge in [-0.05, 0) is 68.7 Å². The van der Waals surface area contributed by atoms with Crippen LogP contribution in [0.5, 0.6) is 0 Å². The lowest BCUT2D eigenvalue weighted by atomic mass is 9.87. The molecule has 0 spiro atoms. The van der Waals surface area contributed by atoms with Crippen LogP contribution < -0.4 is 5.32 Å². The van der Waals surface area contributed by atoms with Crippen LogP contribution in [-0.2, 0) is 21.2 Å². The van der Waals surface area contributed by atoms with Crippen LogP contribution in [0, 0.1) is 5.92 Å². The average molecular weight is 461 g/mol. The molecule has 0 radical (unpaired) electrons. The molecule has 1 aliphatic heterocycles. The number of carbonyl (C=O) groups is 1. The van der Waals surface area contributed by atoms with Gasteiger partial charge in [-0.3, -0.25) is 4.79 Å². The summed E-state index contributed by atoms with van der Waals surface area (Å²) in [5, 5.41) is 7.10. The van der Waals surface area contributed by atoms with Crippen molar-refractivity contribution in [1.29, 1.82) is 0 Å². The van der Waals surface area contributed by atoms with Crippen molar-refractivity contribution in [3.63, 3.8) is 0 Å². The number of sulfonamides is 1. The molecule has 2 fully saturated rings. The summed E-state index contributed by atoms with van der Waals surface area (Å²) in [4.78, 5) is 16.9. The number of benzene rings is 1. The van der Waals surface area contributed by atoms with Crippen molar-refractivity contribution in [3.8, 4) is 11.4 Å². The molecule has 1 saturated carbocycles. The third-order valence-electron chi connectivity index (χ3n) is 6.48. The molecule has 1 amide bonds. The summed E-state index contributed by atoms with van der Waals surface area (Å²) in [6.45, 7) is 3.41. The van der Waals surface area contributed by atoms with Crippen LogP contribution in [0.15, 0.2) is 33.7 Å². The van der Waals surface area contributed by atoms with Gasteiger partial charge in [-0.2, -0.15) is 9.29 Å². The first-order valence-electron chi connectivity index (χ1n) is 11.6. The summed E-state index contributed by atoms with van der Waals surface area (Å²) < 4.78 is 32.4. The lowest BCUT2D eigenvalue weighted by molar-refractivity contribution is -0.122. The maximum atomic E-state index is 12.8. The van der Waals surface area contributed by atoms with Crippen LogP contribution in [0.25, 0.3) is 11.4 Å². The molecule has 1 aromatic heterocycles. The van der Waals surface area contributed by atoms with E-state index in [2.05, 4.69) is 22.4 Å². The molecule has 0 atom stereocenters. The number of piperidine rings is 1. The molecule has 1 aromatic carbocycles. The Hall–Kier alpha value is -2.26. The van der Waals surface area contributed by atoms with Crippen molar-refractivity contribution >= 4 is 15.9 Å². The predicted molar refractivity (Wildman–Crippen MR) is 120 cm³/mol. The fraction of sp³-hybridized carbons (Fsp3) is 0.609. The molecule has 1 aliphatic carbocycles. The van der Waals surface area contributed by atoms with Gasteiger partial charge < -0.3 is 9.84 Å². The molecule has 32 heavy (non-hydrogen) atoms. The van der Waals surface area contributed by atoms with Gasteiger partial charge in [0.05, 0.1) is 4.90 Å². The molecule has 2 aliphatic rings. The average Bonchev–Trinajstić information content (AvgIpc) is 3.29. The fourth-order valence-electron chi connectivity index (χ4n) is 4.43. The molecule has 4 rings (SSSR count). The molecule has 0 unspecified atom stereocenters. The molecule has 1 saturated heterocycles. The number of hydrogen-bond donors (Lipinski definition) is 1. The molecule has 9 heteroatoms. The summed E-state index contributed by atoms with van der Waals surface area (Å²) in [5.41, 5.74) is 0.679. The second-order valence-corrected chi connectivity index (χ2v) is 11.0. The quantitative estimate of drug-likeness (QED) is 0.678. The molecule has 2 aromatic rings. The van der Waals surface area contributed by atoms with Crippen molar-refractivity contribution in [2.24, 2.45) is 5.92 Å². The SMILES string of the molecule is CC1CCC(NC(=O)CCc2nc(-c3ccc(S(=O)(=O)N4CCCCC4)cc3)no2)CC1. The molecular formula is C23H32N4O4S. The number of hydrogen-bond acceptors (Lipinski definition) is 6. The Morgan fingerprint density at radius 2 is 1.78 bits per heavy atom. The number of carbonyl (C=O) groups excluding carboxylic acids is 1. The van der Waals surface area contributed by atoms with E-state index in [4.69, 9.17) is 4.52 Å². The number of rotatable bonds is 7. The number of nitrogens with one attached hydrogen (secondary N) is 1. The number of nitrogens with zero attached hydrogens (tertiary/aromatic N) is 3. The van der Waals surface area contributed by atoms with Gasteiger partial charge in [0.25, 0.3) is 0 Å². The summed E-state index contributed by atoms with van der Waals surface area (Å²) in [6, 6.07) is 6.85. The van der Waals surface area contributed by atoms with Crippen LogP contribution in [-0.4, -0.2) is 47.9 Å². The van der Waals surface area contributed by atoms with E-state index in [1.165, 1.54) is 0 Å². The maximum Gasteiger partial charge on any atom is 0.243 e. The highest BCUT2D eigenvalue weighted by atomic mass is 32.2. The minimum Gasteiger partial charge on any atom is -0.353 e. The normalized spacial score (nSPS) is 22.5. The highest BCUT2D eigenvalue weighted by Crippen LogP contribution is 2.25. The Bertz CT molecular complexity index is 1000. The Labute approximate surface area is 189 Å². The van der Waals surface area contributed by atoms with Gasteiger partial charge in [0, 0.05) is 37.5 Å². The monoisotopic (exact) mass is 460 g/mol. The van der Waals surface area contributed by atoms with E-state index < -0.39 is 10.0 Å². The fourth-order valence-corrected chi connectivity index (χ4v) is 5.95. The zero-order valence-corrected chi connectivity index (χ0v) is 19.4. The minimum atomic E-state index is -3.46. The lowest BCUT2D eigenvalue weighted by Gasteiger charge is -2.26. The van der Waals surface area contributed by atoms with Crippen LogP contribution in [0.4, 0.5) is 0 Å². The van der Waals surface area contributed by atoms with Gasteiger partial charge in [0.15, 0.2) is 0 Å². The summed E-state index contributed by atoms with van der Waals surface area (Å²) in [7, 11) is -3.46. The second-order valence-electron chi connectivity index (χ2n) is 9.03. The van der Waals surface area contributed by atoms with Crippen LogP contribution in [0.2, 0.25) is 0 Å². The topological polar surface area (TPSA) is 105 Å². The third-order valence-corrected chi connectivity index (χ3v) is 8.39. The molecule has 174 valence electrons. The van der Waals surface area contributed by atoms with Crippen molar-refractivity contribution in [3.05, 3.63) is 30.2 Å². The maximum absolute atomic E-state index is 12.8. The van der Waals surface area contributed by atoms with E-state index in [0.717, 1.165) is 50.9 Å². The van der Waals surface area contributed by atoms with Crippen LogP contribution in [0.1, 0.15) is 64.2 Å². The molecule has 8 nitrogen and oxygen atoms in total. The zero-order valence-electron chi connectivity index (χ0n) is 18.6. The van der Waals surface area contributed by atoms with Crippen molar-refractivity contribution in [2.45, 2.75) is 75.6 Å². The standard InChI is InChI=1S/C23H32N4O4S/c1-17-5-9-19(10-6-17)24-21(28)13-14-22-25-23(26-31-22)18-7-11-20(12-8-18)32(29,30)27-15-3-2-4-16-27/h7-8,11-12,17,19H,2-6,9-10,13-16H2,1H3,(H,24,28). The van der Waals surface area contributed by atoms with Gasteiger partial charge in [-0.15, -0.1) is 0 Å². The first-order chi connectivity index (χ1) is 15.4.